The Hall–Kier alpha value is -1.26. The monoisotopic (exact) mass is 268 g/mol. The topological polar surface area (TPSA) is 50.4 Å². The maximum absolute atomic E-state index is 11.9. The Morgan fingerprint density at radius 3 is 3.06 bits per heavy atom. The Morgan fingerprint density at radius 2 is 2.44 bits per heavy atom. The first-order valence-corrected chi connectivity index (χ1v) is 6.55. The number of nitrogens with one attached hydrogen (secondary N) is 2. The van der Waals surface area contributed by atoms with Gasteiger partial charge in [0.2, 0.25) is 5.91 Å². The van der Waals surface area contributed by atoms with Gasteiger partial charge in [-0.3, -0.25) is 4.79 Å². The summed E-state index contributed by atoms with van der Waals surface area (Å²) in [6, 6.07) is 5.18. The molecule has 1 aromatic carbocycles. The average molecular weight is 269 g/mol. The number of carbonyl (C=O) groups excluding carboxylic acids is 1. The van der Waals surface area contributed by atoms with E-state index in [0.29, 0.717) is 23.1 Å². The van der Waals surface area contributed by atoms with E-state index in [0.717, 1.165) is 19.4 Å². The number of hydrogen-bond acceptors (Lipinski definition) is 3. The van der Waals surface area contributed by atoms with Crippen LogP contribution in [0.15, 0.2) is 18.2 Å². The molecule has 1 fully saturated rings. The molecule has 1 heterocycles. The van der Waals surface area contributed by atoms with Crippen LogP contribution in [0, 0.1) is 0 Å². The summed E-state index contributed by atoms with van der Waals surface area (Å²) in [6.07, 6.45) is 1.93. The van der Waals surface area contributed by atoms with Gasteiger partial charge in [0.25, 0.3) is 0 Å². The maximum atomic E-state index is 11.9. The second-order valence-electron chi connectivity index (χ2n) is 4.22. The SMILES string of the molecule is CCOc1ccc(NC(=O)[C@H]2CCCN2)cc1Cl. The van der Waals surface area contributed by atoms with Crippen molar-refractivity contribution in [3.8, 4) is 5.75 Å². The fraction of sp³-hybridized carbons (Fsp3) is 0.462. The van der Waals surface area contributed by atoms with Gasteiger partial charge in [-0.25, -0.2) is 0 Å². The summed E-state index contributed by atoms with van der Waals surface area (Å²) in [6.45, 7) is 3.37. The zero-order valence-electron chi connectivity index (χ0n) is 10.3. The van der Waals surface area contributed by atoms with E-state index in [9.17, 15) is 4.79 Å². The number of amides is 1. The maximum Gasteiger partial charge on any atom is 0.241 e. The van der Waals surface area contributed by atoms with Gasteiger partial charge in [-0.2, -0.15) is 0 Å². The minimum Gasteiger partial charge on any atom is -0.492 e. The lowest BCUT2D eigenvalue weighted by Gasteiger charge is -2.12. The molecule has 1 aliphatic rings. The second-order valence-corrected chi connectivity index (χ2v) is 4.62. The molecule has 1 atom stereocenters. The third kappa shape index (κ3) is 3.15. The van der Waals surface area contributed by atoms with E-state index in [4.69, 9.17) is 16.3 Å². The van der Waals surface area contributed by atoms with Crippen LogP contribution in [0.25, 0.3) is 0 Å². The first kappa shape index (κ1) is 13.2. The molecule has 0 spiro atoms. The molecule has 4 nitrogen and oxygen atoms in total. The summed E-state index contributed by atoms with van der Waals surface area (Å²) >= 11 is 6.06. The number of carbonyl (C=O) groups is 1. The fourth-order valence-corrected chi connectivity index (χ4v) is 2.22. The molecule has 0 bridgehead atoms. The highest BCUT2D eigenvalue weighted by Crippen LogP contribution is 2.27. The lowest BCUT2D eigenvalue weighted by atomic mass is 10.2. The van der Waals surface area contributed by atoms with Crippen LogP contribution in [0.1, 0.15) is 19.8 Å². The quantitative estimate of drug-likeness (QED) is 0.882. The van der Waals surface area contributed by atoms with Crippen molar-refractivity contribution in [3.63, 3.8) is 0 Å². The first-order chi connectivity index (χ1) is 8.70. The molecule has 18 heavy (non-hydrogen) atoms. The van der Waals surface area contributed by atoms with E-state index < -0.39 is 0 Å². The summed E-state index contributed by atoms with van der Waals surface area (Å²) in [5.74, 6) is 0.629. The highest BCUT2D eigenvalue weighted by Gasteiger charge is 2.21. The fourth-order valence-electron chi connectivity index (χ4n) is 1.99. The van der Waals surface area contributed by atoms with Gasteiger partial charge in [-0.05, 0) is 44.5 Å². The number of halogens is 1. The standard InChI is InChI=1S/C13H17ClN2O2/c1-2-18-12-6-5-9(8-10(12)14)16-13(17)11-4-3-7-15-11/h5-6,8,11,15H,2-4,7H2,1H3,(H,16,17)/t11-/m1/s1. The summed E-state index contributed by atoms with van der Waals surface area (Å²) in [7, 11) is 0. The molecule has 0 aliphatic carbocycles. The Kier molecular flexibility index (Phi) is 4.44. The van der Waals surface area contributed by atoms with Crippen LogP contribution in [-0.2, 0) is 4.79 Å². The van der Waals surface area contributed by atoms with Crippen LogP contribution < -0.4 is 15.4 Å². The summed E-state index contributed by atoms with van der Waals surface area (Å²) in [5.41, 5.74) is 0.696. The molecule has 1 aromatic rings. The van der Waals surface area contributed by atoms with Crippen molar-refractivity contribution >= 4 is 23.2 Å². The van der Waals surface area contributed by atoms with E-state index in [1.54, 1.807) is 18.2 Å². The average Bonchev–Trinajstić information content (AvgIpc) is 2.86. The normalized spacial score (nSPS) is 18.7. The van der Waals surface area contributed by atoms with Crippen LogP contribution in [0.2, 0.25) is 5.02 Å². The summed E-state index contributed by atoms with van der Waals surface area (Å²) < 4.78 is 5.34. The lowest BCUT2D eigenvalue weighted by molar-refractivity contribution is -0.117. The molecule has 2 rings (SSSR count). The predicted molar refractivity (Wildman–Crippen MR) is 72.3 cm³/mol. The highest BCUT2D eigenvalue weighted by molar-refractivity contribution is 6.32. The zero-order valence-corrected chi connectivity index (χ0v) is 11.1. The predicted octanol–water partition coefficient (Wildman–Crippen LogP) is 2.43. The molecular formula is C13H17ClN2O2. The minimum atomic E-state index is -0.0876. The van der Waals surface area contributed by atoms with E-state index in [2.05, 4.69) is 10.6 Å². The van der Waals surface area contributed by atoms with Gasteiger partial charge in [0.1, 0.15) is 5.75 Å². The minimum absolute atomic E-state index is 0.00673. The van der Waals surface area contributed by atoms with Crippen molar-refractivity contribution in [1.82, 2.24) is 5.32 Å². The molecule has 2 N–H and O–H groups in total. The number of benzene rings is 1. The molecule has 0 unspecified atom stereocenters. The molecule has 0 radical (unpaired) electrons. The van der Waals surface area contributed by atoms with Crippen molar-refractivity contribution in [2.75, 3.05) is 18.5 Å². The molecule has 1 amide bonds. The van der Waals surface area contributed by atoms with Crippen LogP contribution >= 0.6 is 11.6 Å². The molecule has 0 saturated carbocycles. The van der Waals surface area contributed by atoms with Crippen LogP contribution in [0.5, 0.6) is 5.75 Å². The van der Waals surface area contributed by atoms with Crippen molar-refractivity contribution < 1.29 is 9.53 Å². The molecule has 1 saturated heterocycles. The third-order valence-corrected chi connectivity index (χ3v) is 3.17. The third-order valence-electron chi connectivity index (χ3n) is 2.88. The molecule has 1 aliphatic heterocycles. The van der Waals surface area contributed by atoms with Crippen molar-refractivity contribution in [3.05, 3.63) is 23.2 Å². The van der Waals surface area contributed by atoms with Gasteiger partial charge in [0.05, 0.1) is 17.7 Å². The van der Waals surface area contributed by atoms with Gasteiger partial charge >= 0.3 is 0 Å². The molecule has 98 valence electrons. The van der Waals surface area contributed by atoms with Gasteiger partial charge in [-0.15, -0.1) is 0 Å². The second kappa shape index (κ2) is 6.07. The van der Waals surface area contributed by atoms with Gasteiger partial charge in [0, 0.05) is 5.69 Å². The molecule has 5 heteroatoms. The van der Waals surface area contributed by atoms with Gasteiger partial charge in [-0.1, -0.05) is 11.6 Å². The van der Waals surface area contributed by atoms with E-state index >= 15 is 0 Å². The van der Waals surface area contributed by atoms with Crippen LogP contribution in [-0.4, -0.2) is 25.1 Å². The van der Waals surface area contributed by atoms with E-state index in [1.165, 1.54) is 0 Å². The number of anilines is 1. The van der Waals surface area contributed by atoms with E-state index in [-0.39, 0.29) is 11.9 Å². The lowest BCUT2D eigenvalue weighted by Crippen LogP contribution is -2.35. The van der Waals surface area contributed by atoms with Gasteiger partial charge < -0.3 is 15.4 Å². The summed E-state index contributed by atoms with van der Waals surface area (Å²) in [5, 5.41) is 6.51. The van der Waals surface area contributed by atoms with Crippen molar-refractivity contribution in [2.24, 2.45) is 0 Å². The van der Waals surface area contributed by atoms with E-state index in [1.807, 2.05) is 6.92 Å². The Morgan fingerprint density at radius 1 is 1.61 bits per heavy atom. The molecule has 0 aromatic heterocycles. The smallest absolute Gasteiger partial charge is 0.241 e. The van der Waals surface area contributed by atoms with Crippen LogP contribution in [0.3, 0.4) is 0 Å². The number of rotatable bonds is 4. The Labute approximate surface area is 112 Å². The highest BCUT2D eigenvalue weighted by atomic mass is 35.5. The Balaban J connectivity index is 2.00. The molecular weight excluding hydrogens is 252 g/mol. The van der Waals surface area contributed by atoms with Crippen molar-refractivity contribution in [2.45, 2.75) is 25.8 Å². The largest absolute Gasteiger partial charge is 0.492 e. The Bertz CT molecular complexity index is 431. The zero-order chi connectivity index (χ0) is 13.0. The summed E-state index contributed by atoms with van der Waals surface area (Å²) in [4.78, 5) is 11.9. The van der Waals surface area contributed by atoms with Gasteiger partial charge in [0.15, 0.2) is 0 Å². The number of hydrogen-bond donors (Lipinski definition) is 2. The van der Waals surface area contributed by atoms with Crippen LogP contribution in [0.4, 0.5) is 5.69 Å². The number of ether oxygens (including phenoxy) is 1. The first-order valence-electron chi connectivity index (χ1n) is 6.17. The van der Waals surface area contributed by atoms with Crippen molar-refractivity contribution in [1.29, 1.82) is 0 Å².